The van der Waals surface area contributed by atoms with E-state index in [0.29, 0.717) is 5.92 Å². The molecule has 0 aromatic rings. The van der Waals surface area contributed by atoms with Crippen molar-refractivity contribution in [3.63, 3.8) is 0 Å². The molecule has 1 unspecified atom stereocenters. The Kier molecular flexibility index (Phi) is 2.73. The van der Waals surface area contributed by atoms with Crippen LogP contribution >= 0.6 is 0 Å². The van der Waals surface area contributed by atoms with Gasteiger partial charge in [0.25, 0.3) is 0 Å². The fourth-order valence-corrected chi connectivity index (χ4v) is 2.66. The molecule has 2 fully saturated rings. The Morgan fingerprint density at radius 1 is 1.47 bits per heavy atom. The van der Waals surface area contributed by atoms with E-state index in [1.807, 2.05) is 0 Å². The van der Waals surface area contributed by atoms with E-state index in [4.69, 9.17) is 10.8 Å². The molecule has 1 saturated carbocycles. The summed E-state index contributed by atoms with van der Waals surface area (Å²) >= 11 is 0. The molecule has 1 heterocycles. The van der Waals surface area contributed by atoms with E-state index in [1.54, 1.807) is 0 Å². The normalized spacial score (nSPS) is 28.7. The molecular weight excluding hydrogens is 192 g/mol. The first-order valence-electron chi connectivity index (χ1n) is 5.74. The number of hydrogen-bond acceptors (Lipinski definition) is 3. The number of nitrogens with two attached hydrogens (primary N) is 1. The molecule has 4 heteroatoms. The maximum Gasteiger partial charge on any atom is 0.311 e. The summed E-state index contributed by atoms with van der Waals surface area (Å²) < 4.78 is 0. The van der Waals surface area contributed by atoms with E-state index in [2.05, 4.69) is 11.9 Å². The van der Waals surface area contributed by atoms with Gasteiger partial charge in [-0.1, -0.05) is 0 Å². The van der Waals surface area contributed by atoms with Gasteiger partial charge in [-0.05, 0) is 51.7 Å². The van der Waals surface area contributed by atoms with Crippen LogP contribution in [0, 0.1) is 11.3 Å². The fourth-order valence-electron chi connectivity index (χ4n) is 2.66. The van der Waals surface area contributed by atoms with Crippen LogP contribution in [0.5, 0.6) is 0 Å². The van der Waals surface area contributed by atoms with Crippen molar-refractivity contribution in [3.8, 4) is 0 Å². The van der Waals surface area contributed by atoms with Gasteiger partial charge in [0.2, 0.25) is 0 Å². The molecule has 15 heavy (non-hydrogen) atoms. The van der Waals surface area contributed by atoms with E-state index in [1.165, 1.54) is 0 Å². The van der Waals surface area contributed by atoms with Crippen LogP contribution in [-0.4, -0.2) is 42.2 Å². The maximum absolute atomic E-state index is 11.1. The second-order valence-corrected chi connectivity index (χ2v) is 5.13. The van der Waals surface area contributed by atoms with Crippen LogP contribution in [0.4, 0.5) is 0 Å². The number of aliphatic carboxylic acids is 1. The third kappa shape index (κ3) is 1.88. The second kappa shape index (κ2) is 3.76. The van der Waals surface area contributed by atoms with E-state index >= 15 is 0 Å². The van der Waals surface area contributed by atoms with Crippen LogP contribution in [0.3, 0.4) is 0 Å². The molecule has 4 nitrogen and oxygen atoms in total. The third-order valence-corrected chi connectivity index (χ3v) is 4.12. The topological polar surface area (TPSA) is 66.6 Å². The highest BCUT2D eigenvalue weighted by atomic mass is 16.4. The number of hydrogen-bond donors (Lipinski definition) is 2. The minimum Gasteiger partial charge on any atom is -0.481 e. The fraction of sp³-hybridized carbons (Fsp3) is 0.909. The third-order valence-electron chi connectivity index (χ3n) is 4.12. The smallest absolute Gasteiger partial charge is 0.311 e. The summed E-state index contributed by atoms with van der Waals surface area (Å²) in [7, 11) is 2.10. The number of carboxylic acid groups (broad SMARTS) is 1. The van der Waals surface area contributed by atoms with Crippen molar-refractivity contribution in [3.05, 3.63) is 0 Å². The zero-order valence-electron chi connectivity index (χ0n) is 9.28. The largest absolute Gasteiger partial charge is 0.481 e. The lowest BCUT2D eigenvalue weighted by Gasteiger charge is -2.35. The standard InChI is InChI=1S/C11H20N2O2/c1-13-6-2-8(3-7-13)9(12)11(4-5-11)10(14)15/h8-9H,2-7,12H2,1H3,(H,14,15). The van der Waals surface area contributed by atoms with Gasteiger partial charge in [0.1, 0.15) is 0 Å². The molecule has 2 aliphatic rings. The molecule has 3 N–H and O–H groups in total. The maximum atomic E-state index is 11.1. The highest BCUT2D eigenvalue weighted by molar-refractivity contribution is 5.78. The van der Waals surface area contributed by atoms with Gasteiger partial charge in [-0.2, -0.15) is 0 Å². The van der Waals surface area contributed by atoms with Crippen LogP contribution in [0.25, 0.3) is 0 Å². The Labute approximate surface area is 90.4 Å². The molecule has 0 radical (unpaired) electrons. The molecule has 0 bridgehead atoms. The van der Waals surface area contributed by atoms with Crippen LogP contribution in [0.2, 0.25) is 0 Å². The SMILES string of the molecule is CN1CCC(C(N)C2(C(=O)O)CC2)CC1. The lowest BCUT2D eigenvalue weighted by molar-refractivity contribution is -0.145. The molecule has 1 aliphatic carbocycles. The minimum atomic E-state index is -0.686. The number of likely N-dealkylation sites (tertiary alicyclic amines) is 1. The average Bonchev–Trinajstić information content (AvgIpc) is 2.98. The van der Waals surface area contributed by atoms with Crippen LogP contribution < -0.4 is 5.73 Å². The van der Waals surface area contributed by atoms with Crippen molar-refractivity contribution in [2.75, 3.05) is 20.1 Å². The highest BCUT2D eigenvalue weighted by Crippen LogP contribution is 2.51. The van der Waals surface area contributed by atoms with Crippen molar-refractivity contribution in [1.82, 2.24) is 4.90 Å². The average molecular weight is 212 g/mol. The molecule has 0 aromatic heterocycles. The summed E-state index contributed by atoms with van der Waals surface area (Å²) in [6.07, 6.45) is 3.64. The van der Waals surface area contributed by atoms with Gasteiger partial charge in [-0.25, -0.2) is 0 Å². The van der Waals surface area contributed by atoms with Gasteiger partial charge < -0.3 is 15.7 Å². The first-order chi connectivity index (χ1) is 7.06. The van der Waals surface area contributed by atoms with E-state index < -0.39 is 11.4 Å². The zero-order valence-corrected chi connectivity index (χ0v) is 9.28. The van der Waals surface area contributed by atoms with Crippen LogP contribution in [-0.2, 0) is 4.79 Å². The van der Waals surface area contributed by atoms with Crippen molar-refractivity contribution < 1.29 is 9.90 Å². The first-order valence-corrected chi connectivity index (χ1v) is 5.74. The predicted molar refractivity (Wildman–Crippen MR) is 57.5 cm³/mol. The number of nitrogens with zero attached hydrogens (tertiary/aromatic N) is 1. The first kappa shape index (κ1) is 10.9. The number of carboxylic acids is 1. The Morgan fingerprint density at radius 2 is 2.00 bits per heavy atom. The van der Waals surface area contributed by atoms with E-state index in [0.717, 1.165) is 38.8 Å². The molecule has 1 saturated heterocycles. The summed E-state index contributed by atoms with van der Waals surface area (Å²) in [4.78, 5) is 13.4. The van der Waals surface area contributed by atoms with Gasteiger partial charge in [-0.3, -0.25) is 4.79 Å². The van der Waals surface area contributed by atoms with Crippen LogP contribution in [0.1, 0.15) is 25.7 Å². The Morgan fingerprint density at radius 3 is 2.40 bits per heavy atom. The lowest BCUT2D eigenvalue weighted by Crippen LogP contribution is -2.47. The van der Waals surface area contributed by atoms with Crippen LogP contribution in [0.15, 0.2) is 0 Å². The summed E-state index contributed by atoms with van der Waals surface area (Å²) in [6, 6.07) is -0.135. The Hall–Kier alpha value is -0.610. The molecular formula is C11H20N2O2. The molecule has 2 rings (SSSR count). The number of carbonyl (C=O) groups is 1. The van der Waals surface area contributed by atoms with E-state index in [-0.39, 0.29) is 6.04 Å². The summed E-state index contributed by atoms with van der Waals surface area (Å²) in [5, 5.41) is 9.17. The zero-order chi connectivity index (χ0) is 11.1. The van der Waals surface area contributed by atoms with Gasteiger partial charge in [0, 0.05) is 6.04 Å². The number of rotatable bonds is 3. The summed E-state index contributed by atoms with van der Waals surface area (Å²) in [5.41, 5.74) is 5.57. The van der Waals surface area contributed by atoms with Gasteiger partial charge in [-0.15, -0.1) is 0 Å². The molecule has 86 valence electrons. The predicted octanol–water partition coefficient (Wildman–Crippen LogP) is 0.520. The van der Waals surface area contributed by atoms with Crippen molar-refractivity contribution in [1.29, 1.82) is 0 Å². The van der Waals surface area contributed by atoms with Crippen molar-refractivity contribution in [2.45, 2.75) is 31.7 Å². The summed E-state index contributed by atoms with van der Waals surface area (Å²) in [5.74, 6) is -0.284. The minimum absolute atomic E-state index is 0.135. The number of piperidine rings is 1. The van der Waals surface area contributed by atoms with Crippen molar-refractivity contribution in [2.24, 2.45) is 17.1 Å². The van der Waals surface area contributed by atoms with Gasteiger partial charge in [0.15, 0.2) is 0 Å². The molecule has 0 amide bonds. The Bertz CT molecular complexity index is 255. The molecule has 1 aliphatic heterocycles. The monoisotopic (exact) mass is 212 g/mol. The van der Waals surface area contributed by atoms with Gasteiger partial charge >= 0.3 is 5.97 Å². The quantitative estimate of drug-likeness (QED) is 0.715. The second-order valence-electron chi connectivity index (χ2n) is 5.13. The molecule has 1 atom stereocenters. The van der Waals surface area contributed by atoms with Gasteiger partial charge in [0.05, 0.1) is 5.41 Å². The summed E-state index contributed by atoms with van der Waals surface area (Å²) in [6.45, 7) is 2.10. The Balaban J connectivity index is 1.96. The van der Waals surface area contributed by atoms with E-state index in [9.17, 15) is 4.79 Å². The lowest BCUT2D eigenvalue weighted by atomic mass is 9.81. The molecule has 0 spiro atoms. The molecule has 0 aromatic carbocycles. The highest BCUT2D eigenvalue weighted by Gasteiger charge is 2.56. The van der Waals surface area contributed by atoms with Crippen molar-refractivity contribution >= 4 is 5.97 Å².